The Morgan fingerprint density at radius 3 is 2.62 bits per heavy atom. The van der Waals surface area contributed by atoms with E-state index in [-0.39, 0.29) is 0 Å². The van der Waals surface area contributed by atoms with Crippen LogP contribution in [0.15, 0.2) is 0 Å². The maximum Gasteiger partial charge on any atom is 0.0743 e. The molecule has 2 nitrogen and oxygen atoms in total. The van der Waals surface area contributed by atoms with Crippen LogP contribution in [0.1, 0.15) is 33.6 Å². The van der Waals surface area contributed by atoms with Gasteiger partial charge in [0, 0.05) is 18.8 Å². The Bertz CT molecular complexity index is 117. The number of rotatable bonds is 8. The monoisotopic (exact) mass is 205 g/mol. The topological polar surface area (TPSA) is 32.3 Å². The van der Waals surface area contributed by atoms with Crippen molar-refractivity contribution < 1.29 is 5.11 Å². The molecule has 3 heteroatoms. The zero-order chi connectivity index (χ0) is 10.2. The van der Waals surface area contributed by atoms with Gasteiger partial charge in [-0.25, -0.2) is 0 Å². The minimum Gasteiger partial charge on any atom is -0.389 e. The average Bonchev–Trinajstić information content (AvgIpc) is 2.04. The smallest absolute Gasteiger partial charge is 0.0743 e. The predicted molar refractivity (Wildman–Crippen MR) is 61.4 cm³/mol. The number of hydrogen-bond acceptors (Lipinski definition) is 3. The molecule has 1 unspecified atom stereocenters. The number of nitrogens with one attached hydrogen (secondary N) is 1. The van der Waals surface area contributed by atoms with Gasteiger partial charge in [0.1, 0.15) is 0 Å². The molecule has 0 aliphatic rings. The van der Waals surface area contributed by atoms with Crippen LogP contribution in [0.3, 0.4) is 0 Å². The fourth-order valence-electron chi connectivity index (χ4n) is 1.27. The molecule has 0 spiro atoms. The summed E-state index contributed by atoms with van der Waals surface area (Å²) in [6.45, 7) is 7.87. The molecule has 0 heterocycles. The summed E-state index contributed by atoms with van der Waals surface area (Å²) in [6, 6.07) is 0. The zero-order valence-electron chi connectivity index (χ0n) is 9.10. The summed E-state index contributed by atoms with van der Waals surface area (Å²) in [5.74, 6) is 2.31. The van der Waals surface area contributed by atoms with Crippen LogP contribution < -0.4 is 5.32 Å². The van der Waals surface area contributed by atoms with Crippen LogP contribution in [-0.4, -0.2) is 35.3 Å². The van der Waals surface area contributed by atoms with Crippen LogP contribution in [-0.2, 0) is 0 Å². The van der Waals surface area contributed by atoms with Crippen LogP contribution in [0.4, 0.5) is 0 Å². The Hall–Kier alpha value is 0.270. The van der Waals surface area contributed by atoms with Gasteiger partial charge in [-0.15, -0.1) is 0 Å². The summed E-state index contributed by atoms with van der Waals surface area (Å²) < 4.78 is 0. The van der Waals surface area contributed by atoms with Crippen molar-refractivity contribution in [2.45, 2.75) is 39.2 Å². The third-order valence-corrected chi connectivity index (χ3v) is 2.82. The first-order chi connectivity index (χ1) is 6.12. The van der Waals surface area contributed by atoms with Crippen molar-refractivity contribution in [3.05, 3.63) is 0 Å². The molecule has 2 N–H and O–H groups in total. The molecule has 0 aliphatic carbocycles. The molecular weight excluding hydrogens is 182 g/mol. The standard InChI is InChI=1S/C10H23NOS/c1-4-6-10(3,12)9-11-7-8-13-5-2/h11-12H,4-9H2,1-3H3. The van der Waals surface area contributed by atoms with Crippen molar-refractivity contribution in [3.8, 4) is 0 Å². The van der Waals surface area contributed by atoms with Crippen molar-refractivity contribution >= 4 is 11.8 Å². The predicted octanol–water partition coefficient (Wildman–Crippen LogP) is 1.88. The highest BCUT2D eigenvalue weighted by Crippen LogP contribution is 2.09. The second kappa shape index (κ2) is 7.65. The van der Waals surface area contributed by atoms with E-state index in [1.165, 1.54) is 5.75 Å². The molecule has 0 saturated carbocycles. The Labute approximate surface area is 86.5 Å². The first-order valence-electron chi connectivity index (χ1n) is 5.13. The third kappa shape index (κ3) is 8.60. The molecule has 0 rings (SSSR count). The van der Waals surface area contributed by atoms with Crippen LogP contribution in [0.25, 0.3) is 0 Å². The molecule has 0 amide bonds. The number of thioether (sulfide) groups is 1. The molecule has 0 saturated heterocycles. The largest absolute Gasteiger partial charge is 0.389 e. The number of hydrogen-bond donors (Lipinski definition) is 2. The zero-order valence-corrected chi connectivity index (χ0v) is 9.91. The van der Waals surface area contributed by atoms with Gasteiger partial charge in [-0.1, -0.05) is 20.3 Å². The van der Waals surface area contributed by atoms with Crippen molar-refractivity contribution in [1.82, 2.24) is 5.32 Å². The maximum atomic E-state index is 9.80. The summed E-state index contributed by atoms with van der Waals surface area (Å²) in [5, 5.41) is 13.1. The van der Waals surface area contributed by atoms with Gasteiger partial charge in [0.2, 0.25) is 0 Å². The lowest BCUT2D eigenvalue weighted by Gasteiger charge is -2.22. The van der Waals surface area contributed by atoms with E-state index in [1.807, 2.05) is 18.7 Å². The van der Waals surface area contributed by atoms with Crippen molar-refractivity contribution in [2.75, 3.05) is 24.6 Å². The quantitative estimate of drug-likeness (QED) is 0.593. The Morgan fingerprint density at radius 1 is 1.38 bits per heavy atom. The lowest BCUT2D eigenvalue weighted by molar-refractivity contribution is 0.0507. The van der Waals surface area contributed by atoms with E-state index < -0.39 is 5.60 Å². The minimum absolute atomic E-state index is 0.522. The number of aliphatic hydroxyl groups is 1. The average molecular weight is 205 g/mol. The highest BCUT2D eigenvalue weighted by Gasteiger charge is 2.17. The summed E-state index contributed by atoms with van der Waals surface area (Å²) >= 11 is 1.93. The van der Waals surface area contributed by atoms with E-state index in [0.29, 0.717) is 6.54 Å². The third-order valence-electron chi connectivity index (χ3n) is 1.92. The normalized spacial score (nSPS) is 15.7. The van der Waals surface area contributed by atoms with Gasteiger partial charge in [0.25, 0.3) is 0 Å². The molecular formula is C10H23NOS. The fourth-order valence-corrected chi connectivity index (χ4v) is 1.85. The van der Waals surface area contributed by atoms with E-state index in [2.05, 4.69) is 19.2 Å². The Balaban J connectivity index is 3.29. The van der Waals surface area contributed by atoms with E-state index in [4.69, 9.17) is 0 Å². The Kier molecular flexibility index (Phi) is 7.81. The van der Waals surface area contributed by atoms with Crippen molar-refractivity contribution in [1.29, 1.82) is 0 Å². The van der Waals surface area contributed by atoms with E-state index in [9.17, 15) is 5.11 Å². The van der Waals surface area contributed by atoms with Gasteiger partial charge in [0.15, 0.2) is 0 Å². The first kappa shape index (κ1) is 13.3. The molecule has 0 aromatic rings. The van der Waals surface area contributed by atoms with Gasteiger partial charge >= 0.3 is 0 Å². The lowest BCUT2D eigenvalue weighted by Crippen LogP contribution is -2.38. The molecule has 13 heavy (non-hydrogen) atoms. The van der Waals surface area contributed by atoms with Crippen LogP contribution >= 0.6 is 11.8 Å². The first-order valence-corrected chi connectivity index (χ1v) is 6.28. The summed E-state index contributed by atoms with van der Waals surface area (Å²) in [7, 11) is 0. The molecule has 1 atom stereocenters. The van der Waals surface area contributed by atoms with E-state index in [1.54, 1.807) is 0 Å². The highest BCUT2D eigenvalue weighted by atomic mass is 32.2. The summed E-state index contributed by atoms with van der Waals surface area (Å²) in [6.07, 6.45) is 1.92. The minimum atomic E-state index is -0.522. The van der Waals surface area contributed by atoms with Crippen LogP contribution in [0, 0.1) is 0 Å². The molecule has 0 aromatic carbocycles. The lowest BCUT2D eigenvalue weighted by atomic mass is 10.0. The van der Waals surface area contributed by atoms with Gasteiger partial charge in [-0.05, 0) is 19.1 Å². The SMILES string of the molecule is CCCC(C)(O)CNCCSCC. The van der Waals surface area contributed by atoms with Gasteiger partial charge < -0.3 is 10.4 Å². The molecule has 0 aromatic heterocycles. The molecule has 0 radical (unpaired) electrons. The van der Waals surface area contributed by atoms with Gasteiger partial charge in [0.05, 0.1) is 5.60 Å². The summed E-state index contributed by atoms with van der Waals surface area (Å²) in [4.78, 5) is 0. The fraction of sp³-hybridized carbons (Fsp3) is 1.00. The van der Waals surface area contributed by atoms with Crippen molar-refractivity contribution in [3.63, 3.8) is 0 Å². The molecule has 0 fully saturated rings. The molecule has 0 bridgehead atoms. The van der Waals surface area contributed by atoms with Crippen LogP contribution in [0.5, 0.6) is 0 Å². The van der Waals surface area contributed by atoms with E-state index in [0.717, 1.165) is 25.1 Å². The second-order valence-electron chi connectivity index (χ2n) is 3.62. The van der Waals surface area contributed by atoms with Gasteiger partial charge in [-0.3, -0.25) is 0 Å². The summed E-state index contributed by atoms with van der Waals surface area (Å²) in [5.41, 5.74) is -0.522. The Morgan fingerprint density at radius 2 is 2.08 bits per heavy atom. The van der Waals surface area contributed by atoms with Gasteiger partial charge in [-0.2, -0.15) is 11.8 Å². The highest BCUT2D eigenvalue weighted by molar-refractivity contribution is 7.99. The molecule has 80 valence electrons. The van der Waals surface area contributed by atoms with Crippen LogP contribution in [0.2, 0.25) is 0 Å². The maximum absolute atomic E-state index is 9.80. The van der Waals surface area contributed by atoms with Crippen molar-refractivity contribution in [2.24, 2.45) is 0 Å². The molecule has 0 aliphatic heterocycles. The van der Waals surface area contributed by atoms with E-state index >= 15 is 0 Å². The second-order valence-corrected chi connectivity index (χ2v) is 5.01.